The first-order valence-corrected chi connectivity index (χ1v) is 8.00. The van der Waals surface area contributed by atoms with Crippen molar-refractivity contribution in [3.8, 4) is 0 Å². The molecule has 0 atom stereocenters. The number of nitrogens with zero attached hydrogens (tertiary/aromatic N) is 1. The van der Waals surface area contributed by atoms with Crippen LogP contribution >= 0.6 is 0 Å². The Hall–Kier alpha value is -0.920. The summed E-state index contributed by atoms with van der Waals surface area (Å²) in [4.78, 5) is 0.259. The number of H-pyrrole nitrogens is 1. The van der Waals surface area contributed by atoms with E-state index in [2.05, 4.69) is 20.2 Å². The number of nitrogens with one attached hydrogen (secondary N) is 3. The third kappa shape index (κ3) is 3.55. The highest BCUT2D eigenvalue weighted by Crippen LogP contribution is 2.22. The smallest absolute Gasteiger partial charge is 0.244 e. The van der Waals surface area contributed by atoms with Crippen molar-refractivity contribution in [3.63, 3.8) is 0 Å². The molecule has 0 saturated carbocycles. The van der Waals surface area contributed by atoms with Crippen LogP contribution in [0.15, 0.2) is 4.90 Å². The number of sulfonamides is 1. The van der Waals surface area contributed by atoms with E-state index in [0.29, 0.717) is 17.9 Å². The molecule has 0 radical (unpaired) electrons. The second-order valence-corrected chi connectivity index (χ2v) is 6.65. The molecule has 19 heavy (non-hydrogen) atoms. The Balaban J connectivity index is 3.17. The van der Waals surface area contributed by atoms with Crippen LogP contribution < -0.4 is 10.0 Å². The van der Waals surface area contributed by atoms with Crippen LogP contribution in [-0.4, -0.2) is 31.2 Å². The molecule has 0 aliphatic rings. The van der Waals surface area contributed by atoms with E-state index < -0.39 is 15.6 Å². The largest absolute Gasteiger partial charge is 0.314 e. The van der Waals surface area contributed by atoms with Gasteiger partial charge in [0.1, 0.15) is 4.90 Å². The molecular weight excluding hydrogens is 264 g/mol. The number of aromatic amines is 1. The predicted octanol–water partition coefficient (Wildman–Crippen LogP) is 1.29. The van der Waals surface area contributed by atoms with Crippen molar-refractivity contribution in [3.05, 3.63) is 11.4 Å². The summed E-state index contributed by atoms with van der Waals surface area (Å²) in [5.74, 6) is 0. The number of hydrogen-bond acceptors (Lipinski definition) is 4. The molecule has 0 aromatic carbocycles. The summed E-state index contributed by atoms with van der Waals surface area (Å²) in [6.45, 7) is 7.99. The van der Waals surface area contributed by atoms with Crippen molar-refractivity contribution in [2.75, 3.05) is 7.05 Å². The number of aromatic nitrogens is 2. The van der Waals surface area contributed by atoms with Crippen molar-refractivity contribution < 1.29 is 8.42 Å². The second-order valence-electron chi connectivity index (χ2n) is 5.03. The zero-order valence-corrected chi connectivity index (χ0v) is 13.1. The predicted molar refractivity (Wildman–Crippen MR) is 75.4 cm³/mol. The molecule has 1 aromatic heterocycles. The summed E-state index contributed by atoms with van der Waals surface area (Å²) in [7, 11) is -1.81. The third-order valence-electron chi connectivity index (χ3n) is 3.52. The molecule has 6 nitrogen and oxygen atoms in total. The van der Waals surface area contributed by atoms with Crippen LogP contribution in [0.5, 0.6) is 0 Å². The molecule has 0 aliphatic carbocycles. The zero-order valence-electron chi connectivity index (χ0n) is 12.3. The average Bonchev–Trinajstić information content (AvgIpc) is 2.71. The van der Waals surface area contributed by atoms with Gasteiger partial charge in [0.2, 0.25) is 10.0 Å². The first-order valence-electron chi connectivity index (χ1n) is 6.52. The van der Waals surface area contributed by atoms with Crippen molar-refractivity contribution in [2.24, 2.45) is 0 Å². The van der Waals surface area contributed by atoms with Gasteiger partial charge >= 0.3 is 0 Å². The lowest BCUT2D eigenvalue weighted by Gasteiger charge is -2.27. The standard InChI is InChI=1S/C12H24N4O2S/c1-6-12(4,7-2)16-19(17,18)11-9(3)14-15-10(11)8-13-5/h13,16H,6-8H2,1-5H3,(H,14,15). The topological polar surface area (TPSA) is 86.9 Å². The summed E-state index contributed by atoms with van der Waals surface area (Å²) in [5, 5.41) is 9.71. The normalized spacial score (nSPS) is 12.9. The number of aryl methyl sites for hydroxylation is 1. The van der Waals surface area contributed by atoms with E-state index in [-0.39, 0.29) is 4.90 Å². The minimum atomic E-state index is -3.57. The molecule has 0 fully saturated rings. The zero-order chi connectivity index (χ0) is 14.7. The van der Waals surface area contributed by atoms with E-state index >= 15 is 0 Å². The fraction of sp³-hybridized carbons (Fsp3) is 0.750. The molecule has 0 saturated heterocycles. The first-order chi connectivity index (χ1) is 8.79. The average molecular weight is 288 g/mol. The second kappa shape index (κ2) is 6.02. The molecule has 0 spiro atoms. The van der Waals surface area contributed by atoms with E-state index in [9.17, 15) is 8.42 Å². The summed E-state index contributed by atoms with van der Waals surface area (Å²) < 4.78 is 27.9. The first kappa shape index (κ1) is 16.1. The molecule has 0 bridgehead atoms. The van der Waals surface area contributed by atoms with Crippen molar-refractivity contribution in [1.29, 1.82) is 0 Å². The van der Waals surface area contributed by atoms with E-state index in [4.69, 9.17) is 0 Å². The summed E-state index contributed by atoms with van der Waals surface area (Å²) in [6, 6.07) is 0. The van der Waals surface area contributed by atoms with E-state index in [1.807, 2.05) is 20.8 Å². The van der Waals surface area contributed by atoms with Crippen LogP contribution in [-0.2, 0) is 16.6 Å². The molecule has 1 heterocycles. The van der Waals surface area contributed by atoms with E-state index in [1.165, 1.54) is 0 Å². The molecule has 110 valence electrons. The van der Waals surface area contributed by atoms with Gasteiger partial charge in [-0.1, -0.05) is 13.8 Å². The molecule has 1 rings (SSSR count). The SMILES string of the molecule is CCC(C)(CC)NS(=O)(=O)c1c(CNC)n[nH]c1C. The van der Waals surface area contributed by atoms with Gasteiger partial charge in [-0.3, -0.25) is 5.10 Å². The fourth-order valence-electron chi connectivity index (χ4n) is 1.88. The lowest BCUT2D eigenvalue weighted by molar-refractivity contribution is 0.388. The molecule has 1 aromatic rings. The van der Waals surface area contributed by atoms with Crippen LogP contribution in [0.1, 0.15) is 45.0 Å². The summed E-state index contributed by atoms with van der Waals surface area (Å²) in [6.07, 6.45) is 1.47. The van der Waals surface area contributed by atoms with Gasteiger partial charge in [-0.15, -0.1) is 0 Å². The molecule has 0 aliphatic heterocycles. The van der Waals surface area contributed by atoms with Crippen molar-refractivity contribution in [2.45, 2.75) is 57.5 Å². The molecule has 0 amide bonds. The maximum Gasteiger partial charge on any atom is 0.244 e. The molecule has 3 N–H and O–H groups in total. The van der Waals surface area contributed by atoms with E-state index in [1.54, 1.807) is 14.0 Å². The maximum absolute atomic E-state index is 12.5. The van der Waals surface area contributed by atoms with Crippen molar-refractivity contribution in [1.82, 2.24) is 20.2 Å². The summed E-state index contributed by atoms with van der Waals surface area (Å²) in [5.41, 5.74) is 0.647. The molecule has 7 heteroatoms. The Morgan fingerprint density at radius 2 is 1.89 bits per heavy atom. The highest BCUT2D eigenvalue weighted by Gasteiger charge is 2.31. The highest BCUT2D eigenvalue weighted by molar-refractivity contribution is 7.89. The van der Waals surface area contributed by atoms with Gasteiger partial charge in [-0.25, -0.2) is 13.1 Å². The fourth-order valence-corrected chi connectivity index (χ4v) is 3.80. The van der Waals surface area contributed by atoms with Crippen LogP contribution in [0.3, 0.4) is 0 Å². The highest BCUT2D eigenvalue weighted by atomic mass is 32.2. The van der Waals surface area contributed by atoms with Crippen molar-refractivity contribution >= 4 is 10.0 Å². The molecular formula is C12H24N4O2S. The third-order valence-corrected chi connectivity index (χ3v) is 5.36. The van der Waals surface area contributed by atoms with Gasteiger partial charge in [0, 0.05) is 12.1 Å². The van der Waals surface area contributed by atoms with Gasteiger partial charge < -0.3 is 5.32 Å². The molecule has 0 unspecified atom stereocenters. The van der Waals surface area contributed by atoms with Gasteiger partial charge in [0.15, 0.2) is 0 Å². The van der Waals surface area contributed by atoms with Gasteiger partial charge in [-0.05, 0) is 33.7 Å². The van der Waals surface area contributed by atoms with Crippen LogP contribution in [0.2, 0.25) is 0 Å². The quantitative estimate of drug-likeness (QED) is 0.705. The number of hydrogen-bond donors (Lipinski definition) is 3. The Morgan fingerprint density at radius 1 is 1.32 bits per heavy atom. The van der Waals surface area contributed by atoms with Gasteiger partial charge in [0.25, 0.3) is 0 Å². The Morgan fingerprint density at radius 3 is 2.37 bits per heavy atom. The minimum absolute atomic E-state index is 0.259. The summed E-state index contributed by atoms with van der Waals surface area (Å²) >= 11 is 0. The van der Waals surface area contributed by atoms with Gasteiger partial charge in [0.05, 0.1) is 11.4 Å². The monoisotopic (exact) mass is 288 g/mol. The van der Waals surface area contributed by atoms with E-state index in [0.717, 1.165) is 12.8 Å². The van der Waals surface area contributed by atoms with Crippen LogP contribution in [0, 0.1) is 6.92 Å². The maximum atomic E-state index is 12.5. The lowest BCUT2D eigenvalue weighted by Crippen LogP contribution is -2.45. The minimum Gasteiger partial charge on any atom is -0.314 e. The Labute approximate surface area is 115 Å². The Kier molecular flexibility index (Phi) is 5.11. The lowest BCUT2D eigenvalue weighted by atomic mass is 9.98. The van der Waals surface area contributed by atoms with Gasteiger partial charge in [-0.2, -0.15) is 5.10 Å². The Bertz CT molecular complexity index is 518. The van der Waals surface area contributed by atoms with Crippen LogP contribution in [0.4, 0.5) is 0 Å². The number of rotatable bonds is 7. The van der Waals surface area contributed by atoms with Crippen LogP contribution in [0.25, 0.3) is 0 Å².